The maximum absolute atomic E-state index is 10.9. The number of thioether (sulfide) groups is 1. The number of hydrogen-bond acceptors (Lipinski definition) is 3. The average Bonchev–Trinajstić information content (AvgIpc) is 2.26. The first kappa shape index (κ1) is 12.1. The molecule has 0 amide bonds. The predicted octanol–water partition coefficient (Wildman–Crippen LogP) is 2.21. The van der Waals surface area contributed by atoms with Crippen molar-refractivity contribution in [1.29, 1.82) is 0 Å². The summed E-state index contributed by atoms with van der Waals surface area (Å²) in [6, 6.07) is 7.12. The lowest BCUT2D eigenvalue weighted by Crippen LogP contribution is -2.21. The molecule has 0 bridgehead atoms. The number of rotatable bonds is 5. The van der Waals surface area contributed by atoms with Crippen LogP contribution in [0.25, 0.3) is 0 Å². The summed E-state index contributed by atoms with van der Waals surface area (Å²) in [6.45, 7) is 2.02. The number of carboxylic acid groups (broad SMARTS) is 1. The number of aromatic carboxylic acids is 1. The molecule has 0 aliphatic carbocycles. The Morgan fingerprint density at radius 2 is 2.20 bits per heavy atom. The van der Waals surface area contributed by atoms with Crippen LogP contribution in [0.5, 0.6) is 0 Å². The summed E-state index contributed by atoms with van der Waals surface area (Å²) >= 11 is 1.50. The maximum atomic E-state index is 10.9. The van der Waals surface area contributed by atoms with Gasteiger partial charge in [-0.05, 0) is 18.6 Å². The van der Waals surface area contributed by atoms with E-state index >= 15 is 0 Å². The summed E-state index contributed by atoms with van der Waals surface area (Å²) in [6.07, 6.45) is 0.905. The monoisotopic (exact) mass is 225 g/mol. The van der Waals surface area contributed by atoms with Crippen LogP contribution in [0.15, 0.2) is 29.2 Å². The van der Waals surface area contributed by atoms with Crippen molar-refractivity contribution in [3.63, 3.8) is 0 Å². The minimum atomic E-state index is -0.886. The summed E-state index contributed by atoms with van der Waals surface area (Å²) < 4.78 is 0. The molecule has 0 radical (unpaired) electrons. The second kappa shape index (κ2) is 5.78. The molecular weight excluding hydrogens is 210 g/mol. The Labute approximate surface area is 93.7 Å². The van der Waals surface area contributed by atoms with Gasteiger partial charge in [-0.15, -0.1) is 11.8 Å². The van der Waals surface area contributed by atoms with Gasteiger partial charge in [-0.2, -0.15) is 0 Å². The van der Waals surface area contributed by atoms with E-state index in [-0.39, 0.29) is 6.04 Å². The molecule has 1 aromatic rings. The standard InChI is InChI=1S/C11H15NO2S/c1-2-8(12)7-15-10-6-4-3-5-9(10)11(13)14/h3-6,8H,2,7,12H2,1H3,(H,13,14)/t8-/m1/s1. The molecule has 0 saturated heterocycles. The zero-order valence-corrected chi connectivity index (χ0v) is 9.46. The van der Waals surface area contributed by atoms with E-state index in [1.54, 1.807) is 12.1 Å². The van der Waals surface area contributed by atoms with E-state index in [1.807, 2.05) is 19.1 Å². The quantitative estimate of drug-likeness (QED) is 0.754. The Kier molecular flexibility index (Phi) is 4.65. The molecule has 1 rings (SSSR count). The highest BCUT2D eigenvalue weighted by atomic mass is 32.2. The number of carbonyl (C=O) groups is 1. The summed E-state index contributed by atoms with van der Waals surface area (Å²) in [7, 11) is 0. The van der Waals surface area contributed by atoms with Crippen LogP contribution in [0.3, 0.4) is 0 Å². The molecule has 0 unspecified atom stereocenters. The van der Waals surface area contributed by atoms with Gasteiger partial charge in [0.1, 0.15) is 0 Å². The molecule has 15 heavy (non-hydrogen) atoms. The normalized spacial score (nSPS) is 12.4. The SMILES string of the molecule is CC[C@@H](N)CSc1ccccc1C(=O)O. The molecule has 3 N–H and O–H groups in total. The van der Waals surface area contributed by atoms with Gasteiger partial charge in [0.15, 0.2) is 0 Å². The first-order chi connectivity index (χ1) is 7.15. The van der Waals surface area contributed by atoms with E-state index in [4.69, 9.17) is 10.8 Å². The van der Waals surface area contributed by atoms with Gasteiger partial charge in [-0.1, -0.05) is 19.1 Å². The van der Waals surface area contributed by atoms with Gasteiger partial charge in [0.05, 0.1) is 5.56 Å². The van der Waals surface area contributed by atoms with Gasteiger partial charge in [-0.3, -0.25) is 0 Å². The van der Waals surface area contributed by atoms with Crippen LogP contribution < -0.4 is 5.73 Å². The van der Waals surface area contributed by atoms with Gasteiger partial charge < -0.3 is 10.8 Å². The molecule has 0 heterocycles. The first-order valence-electron chi connectivity index (χ1n) is 4.85. The zero-order chi connectivity index (χ0) is 11.3. The Morgan fingerprint density at radius 3 is 2.80 bits per heavy atom. The number of nitrogens with two attached hydrogens (primary N) is 1. The third-order valence-corrected chi connectivity index (χ3v) is 3.36. The van der Waals surface area contributed by atoms with Crippen LogP contribution in [0.4, 0.5) is 0 Å². The third kappa shape index (κ3) is 3.57. The molecule has 0 aliphatic rings. The second-order valence-electron chi connectivity index (χ2n) is 3.28. The molecular formula is C11H15NO2S. The summed E-state index contributed by atoms with van der Waals surface area (Å²) in [5, 5.41) is 8.94. The highest BCUT2D eigenvalue weighted by molar-refractivity contribution is 7.99. The van der Waals surface area contributed by atoms with Crippen molar-refractivity contribution in [2.24, 2.45) is 5.73 Å². The lowest BCUT2D eigenvalue weighted by molar-refractivity contribution is 0.0693. The van der Waals surface area contributed by atoms with E-state index < -0.39 is 5.97 Å². The Morgan fingerprint density at radius 1 is 1.53 bits per heavy atom. The lowest BCUT2D eigenvalue weighted by atomic mass is 10.2. The van der Waals surface area contributed by atoms with Gasteiger partial charge >= 0.3 is 5.97 Å². The van der Waals surface area contributed by atoms with Crippen molar-refractivity contribution >= 4 is 17.7 Å². The number of benzene rings is 1. The summed E-state index contributed by atoms with van der Waals surface area (Å²) in [5.41, 5.74) is 6.13. The van der Waals surface area contributed by atoms with Gasteiger partial charge in [-0.25, -0.2) is 4.79 Å². The third-order valence-electron chi connectivity index (χ3n) is 2.09. The average molecular weight is 225 g/mol. The molecule has 4 heteroatoms. The van der Waals surface area contributed by atoms with E-state index in [1.165, 1.54) is 11.8 Å². The Bertz CT molecular complexity index is 341. The van der Waals surface area contributed by atoms with E-state index in [9.17, 15) is 4.79 Å². The molecule has 0 fully saturated rings. The molecule has 0 saturated carbocycles. The van der Waals surface area contributed by atoms with Gasteiger partial charge in [0.2, 0.25) is 0 Å². The van der Waals surface area contributed by atoms with Crippen LogP contribution in [0.1, 0.15) is 23.7 Å². The fourth-order valence-corrected chi connectivity index (χ4v) is 2.20. The van der Waals surface area contributed by atoms with E-state index in [2.05, 4.69) is 0 Å². The van der Waals surface area contributed by atoms with Crippen molar-refractivity contribution in [1.82, 2.24) is 0 Å². The largest absolute Gasteiger partial charge is 0.478 e. The van der Waals surface area contributed by atoms with Gasteiger partial charge in [0.25, 0.3) is 0 Å². The second-order valence-corrected chi connectivity index (χ2v) is 4.34. The fraction of sp³-hybridized carbons (Fsp3) is 0.364. The summed E-state index contributed by atoms with van der Waals surface area (Å²) in [4.78, 5) is 11.7. The van der Waals surface area contributed by atoms with Crippen LogP contribution >= 0.6 is 11.8 Å². The predicted molar refractivity (Wildman–Crippen MR) is 62.4 cm³/mol. The van der Waals surface area contributed by atoms with Crippen LogP contribution in [0.2, 0.25) is 0 Å². The molecule has 0 aromatic heterocycles. The fourth-order valence-electron chi connectivity index (χ4n) is 1.08. The number of carboxylic acids is 1. The molecule has 3 nitrogen and oxygen atoms in total. The highest BCUT2D eigenvalue weighted by Crippen LogP contribution is 2.23. The Balaban J connectivity index is 2.72. The Hall–Kier alpha value is -1.00. The molecule has 82 valence electrons. The van der Waals surface area contributed by atoms with Crippen molar-refractivity contribution in [3.05, 3.63) is 29.8 Å². The van der Waals surface area contributed by atoms with Crippen molar-refractivity contribution in [3.8, 4) is 0 Å². The maximum Gasteiger partial charge on any atom is 0.336 e. The molecule has 1 atom stereocenters. The first-order valence-corrected chi connectivity index (χ1v) is 5.84. The number of hydrogen-bond donors (Lipinski definition) is 2. The minimum Gasteiger partial charge on any atom is -0.478 e. The van der Waals surface area contributed by atoms with Crippen LogP contribution in [-0.4, -0.2) is 22.9 Å². The topological polar surface area (TPSA) is 63.3 Å². The van der Waals surface area contributed by atoms with E-state index in [0.29, 0.717) is 5.56 Å². The highest BCUT2D eigenvalue weighted by Gasteiger charge is 2.10. The van der Waals surface area contributed by atoms with Crippen molar-refractivity contribution < 1.29 is 9.90 Å². The van der Waals surface area contributed by atoms with E-state index in [0.717, 1.165) is 17.1 Å². The lowest BCUT2D eigenvalue weighted by Gasteiger charge is -2.09. The summed E-state index contributed by atoms with van der Waals surface area (Å²) in [5.74, 6) is -0.135. The molecule has 1 aromatic carbocycles. The van der Waals surface area contributed by atoms with Crippen molar-refractivity contribution in [2.75, 3.05) is 5.75 Å². The van der Waals surface area contributed by atoms with Crippen LogP contribution in [-0.2, 0) is 0 Å². The minimum absolute atomic E-state index is 0.122. The zero-order valence-electron chi connectivity index (χ0n) is 8.64. The van der Waals surface area contributed by atoms with Gasteiger partial charge in [0, 0.05) is 16.7 Å². The molecule has 0 aliphatic heterocycles. The van der Waals surface area contributed by atoms with Crippen molar-refractivity contribution in [2.45, 2.75) is 24.3 Å². The smallest absolute Gasteiger partial charge is 0.336 e. The molecule has 0 spiro atoms. The van der Waals surface area contributed by atoms with Crippen LogP contribution in [0, 0.1) is 0 Å².